The third-order valence-electron chi connectivity index (χ3n) is 5.32. The van der Waals surface area contributed by atoms with E-state index in [1.54, 1.807) is 23.1 Å². The molecule has 0 spiro atoms. The van der Waals surface area contributed by atoms with Crippen LogP contribution in [0.4, 0.5) is 5.69 Å². The zero-order valence-electron chi connectivity index (χ0n) is 17.6. The van der Waals surface area contributed by atoms with Crippen molar-refractivity contribution in [2.24, 2.45) is 0 Å². The van der Waals surface area contributed by atoms with Crippen molar-refractivity contribution < 1.29 is 22.4 Å². The highest BCUT2D eigenvalue weighted by molar-refractivity contribution is 7.92. The maximum absolute atomic E-state index is 13.2. The largest absolute Gasteiger partial charge is 0.495 e. The molecule has 2 N–H and O–H groups in total. The summed E-state index contributed by atoms with van der Waals surface area (Å²) < 4.78 is 39.8. The molecule has 1 atom stereocenters. The van der Waals surface area contributed by atoms with E-state index < -0.39 is 10.0 Å². The molecule has 1 fully saturated rings. The van der Waals surface area contributed by atoms with Gasteiger partial charge in [0.25, 0.3) is 15.9 Å². The van der Waals surface area contributed by atoms with Crippen molar-refractivity contribution in [3.05, 3.63) is 53.8 Å². The van der Waals surface area contributed by atoms with Crippen molar-refractivity contribution >= 4 is 32.6 Å². The van der Waals surface area contributed by atoms with E-state index in [2.05, 4.69) is 10.0 Å². The van der Waals surface area contributed by atoms with Crippen LogP contribution in [0.25, 0.3) is 11.0 Å². The molecule has 0 saturated carbocycles. The maximum Gasteiger partial charge on any atom is 0.262 e. The molecule has 0 bridgehead atoms. The number of fused-ring (bicyclic) bond motifs is 1. The lowest BCUT2D eigenvalue weighted by Gasteiger charge is -2.32. The van der Waals surface area contributed by atoms with Crippen LogP contribution < -0.4 is 14.8 Å². The predicted octanol–water partition coefficient (Wildman–Crippen LogP) is 2.98. The van der Waals surface area contributed by atoms with Crippen LogP contribution in [0.5, 0.6) is 5.75 Å². The summed E-state index contributed by atoms with van der Waals surface area (Å²) in [5.74, 6) is 0.156. The first kappa shape index (κ1) is 21.2. The van der Waals surface area contributed by atoms with E-state index in [0.29, 0.717) is 42.0 Å². The van der Waals surface area contributed by atoms with Crippen molar-refractivity contribution in [3.63, 3.8) is 0 Å². The van der Waals surface area contributed by atoms with Gasteiger partial charge in [0.2, 0.25) is 0 Å². The molecule has 31 heavy (non-hydrogen) atoms. The molecule has 1 unspecified atom stereocenters. The topological polar surface area (TPSA) is 101 Å². The lowest BCUT2D eigenvalue weighted by Crippen LogP contribution is -2.51. The Kier molecular flexibility index (Phi) is 5.63. The van der Waals surface area contributed by atoms with Crippen molar-refractivity contribution in [1.82, 2.24) is 10.2 Å². The first-order chi connectivity index (χ1) is 14.8. The second-order valence-electron chi connectivity index (χ2n) is 7.73. The fourth-order valence-corrected chi connectivity index (χ4v) is 4.88. The monoisotopic (exact) mass is 443 g/mol. The summed E-state index contributed by atoms with van der Waals surface area (Å²) in [6.45, 7) is 5.63. The number of ether oxygens (including phenoxy) is 1. The molecule has 1 aromatic heterocycles. The highest BCUT2D eigenvalue weighted by Gasteiger charge is 2.27. The molecule has 2 heterocycles. The van der Waals surface area contributed by atoms with Crippen molar-refractivity contribution in [2.45, 2.75) is 24.8 Å². The van der Waals surface area contributed by atoms with E-state index in [-0.39, 0.29) is 22.4 Å². The third-order valence-corrected chi connectivity index (χ3v) is 6.67. The van der Waals surface area contributed by atoms with Crippen molar-refractivity contribution in [3.8, 4) is 5.75 Å². The number of furan rings is 1. The lowest BCUT2D eigenvalue weighted by atomic mass is 10.1. The van der Waals surface area contributed by atoms with E-state index in [4.69, 9.17) is 9.15 Å². The molecule has 1 amide bonds. The quantitative estimate of drug-likeness (QED) is 0.629. The minimum Gasteiger partial charge on any atom is -0.495 e. The maximum atomic E-state index is 13.2. The van der Waals surface area contributed by atoms with Gasteiger partial charge in [0, 0.05) is 31.1 Å². The van der Waals surface area contributed by atoms with Crippen LogP contribution in [0.3, 0.4) is 0 Å². The Balaban J connectivity index is 1.74. The Morgan fingerprint density at radius 1 is 1.26 bits per heavy atom. The number of benzene rings is 2. The van der Waals surface area contributed by atoms with Gasteiger partial charge in [-0.2, -0.15) is 0 Å². The first-order valence-electron chi connectivity index (χ1n) is 10.00. The number of aryl methyl sites for hydroxylation is 1. The van der Waals surface area contributed by atoms with Gasteiger partial charge in [-0.25, -0.2) is 8.42 Å². The van der Waals surface area contributed by atoms with E-state index in [1.807, 2.05) is 19.9 Å². The Hall–Kier alpha value is -3.04. The van der Waals surface area contributed by atoms with Crippen LogP contribution in [-0.4, -0.2) is 52.0 Å². The summed E-state index contributed by atoms with van der Waals surface area (Å²) in [6.07, 6.45) is 1.45. The van der Waals surface area contributed by atoms with E-state index in [1.165, 1.54) is 25.5 Å². The lowest BCUT2D eigenvalue weighted by molar-refractivity contribution is 0.0709. The normalized spacial score (nSPS) is 17.0. The number of amides is 1. The number of carbonyl (C=O) groups is 1. The Bertz CT molecular complexity index is 1240. The Labute approximate surface area is 181 Å². The number of hydrogen-bond acceptors (Lipinski definition) is 6. The van der Waals surface area contributed by atoms with Crippen molar-refractivity contribution in [2.75, 3.05) is 31.5 Å². The SMILES string of the molecule is COc1ccc(C)cc1NS(=O)(=O)c1cc(C(=O)N2CCNC(C)C2)c2occc2c1. The molecule has 2 aromatic carbocycles. The fourth-order valence-electron chi connectivity index (χ4n) is 3.76. The van der Waals surface area contributed by atoms with Gasteiger partial charge < -0.3 is 19.4 Å². The second-order valence-corrected chi connectivity index (χ2v) is 9.41. The third kappa shape index (κ3) is 4.24. The molecule has 8 nitrogen and oxygen atoms in total. The molecule has 164 valence electrons. The summed E-state index contributed by atoms with van der Waals surface area (Å²) in [4.78, 5) is 14.9. The predicted molar refractivity (Wildman–Crippen MR) is 118 cm³/mol. The average Bonchev–Trinajstić information content (AvgIpc) is 3.21. The van der Waals surface area contributed by atoms with Crippen LogP contribution in [0.2, 0.25) is 0 Å². The molecule has 0 aliphatic carbocycles. The molecule has 3 aromatic rings. The number of hydrogen-bond donors (Lipinski definition) is 2. The van der Waals surface area contributed by atoms with Gasteiger partial charge in [0.05, 0.1) is 29.5 Å². The fraction of sp³-hybridized carbons (Fsp3) is 0.318. The number of rotatable bonds is 5. The summed E-state index contributed by atoms with van der Waals surface area (Å²) in [6, 6.07) is 9.92. The summed E-state index contributed by atoms with van der Waals surface area (Å²) in [5.41, 5.74) is 1.82. The molecular formula is C22H25N3O5S. The Morgan fingerprint density at radius 3 is 2.81 bits per heavy atom. The van der Waals surface area contributed by atoms with E-state index in [9.17, 15) is 13.2 Å². The molecule has 1 saturated heterocycles. The van der Waals surface area contributed by atoms with Gasteiger partial charge in [-0.15, -0.1) is 0 Å². The van der Waals surface area contributed by atoms with Gasteiger partial charge in [-0.1, -0.05) is 6.07 Å². The number of anilines is 1. The highest BCUT2D eigenvalue weighted by Crippen LogP contribution is 2.31. The number of piperazine rings is 1. The second kappa shape index (κ2) is 8.24. The minimum absolute atomic E-state index is 0.0171. The zero-order chi connectivity index (χ0) is 22.2. The molecule has 0 radical (unpaired) electrons. The average molecular weight is 444 g/mol. The molecule has 1 aliphatic heterocycles. The first-order valence-corrected chi connectivity index (χ1v) is 11.5. The van der Waals surface area contributed by atoms with Crippen LogP contribution in [-0.2, 0) is 10.0 Å². The van der Waals surface area contributed by atoms with Crippen LogP contribution >= 0.6 is 0 Å². The molecule has 1 aliphatic rings. The van der Waals surface area contributed by atoms with Gasteiger partial charge in [-0.3, -0.25) is 9.52 Å². The van der Waals surface area contributed by atoms with Gasteiger partial charge >= 0.3 is 0 Å². The highest BCUT2D eigenvalue weighted by atomic mass is 32.2. The van der Waals surface area contributed by atoms with Crippen LogP contribution in [0, 0.1) is 6.92 Å². The number of sulfonamides is 1. The van der Waals surface area contributed by atoms with Crippen LogP contribution in [0.1, 0.15) is 22.8 Å². The molecular weight excluding hydrogens is 418 g/mol. The van der Waals surface area contributed by atoms with E-state index >= 15 is 0 Å². The van der Waals surface area contributed by atoms with E-state index in [0.717, 1.165) is 5.56 Å². The zero-order valence-corrected chi connectivity index (χ0v) is 18.5. The minimum atomic E-state index is -3.98. The number of nitrogens with zero attached hydrogens (tertiary/aromatic N) is 1. The number of nitrogens with one attached hydrogen (secondary N) is 2. The smallest absolute Gasteiger partial charge is 0.262 e. The summed E-state index contributed by atoms with van der Waals surface area (Å²) in [5, 5.41) is 3.84. The van der Waals surface area contributed by atoms with Gasteiger partial charge in [0.15, 0.2) is 0 Å². The number of carbonyl (C=O) groups excluding carboxylic acids is 1. The standard InChI is InChI=1S/C22H25N3O5S/c1-14-4-5-20(29-3)19(10-14)24-31(27,28)17-11-16-6-9-30-21(16)18(12-17)22(26)25-8-7-23-15(2)13-25/h4-6,9-12,15,23-24H,7-8,13H2,1-3H3. The van der Waals surface area contributed by atoms with Crippen molar-refractivity contribution in [1.29, 1.82) is 0 Å². The molecule has 4 rings (SSSR count). The van der Waals surface area contributed by atoms with Crippen LogP contribution in [0.15, 0.2) is 52.0 Å². The molecule has 9 heteroatoms. The number of methoxy groups -OCH3 is 1. The Morgan fingerprint density at radius 2 is 2.06 bits per heavy atom. The summed E-state index contributed by atoms with van der Waals surface area (Å²) >= 11 is 0. The van der Waals surface area contributed by atoms with Gasteiger partial charge in [0.1, 0.15) is 11.3 Å². The van der Waals surface area contributed by atoms with Gasteiger partial charge in [-0.05, 0) is 49.7 Å². The summed E-state index contributed by atoms with van der Waals surface area (Å²) in [7, 11) is -2.51.